The Morgan fingerprint density at radius 1 is 1.27 bits per heavy atom. The van der Waals surface area contributed by atoms with E-state index in [4.69, 9.17) is 0 Å². The van der Waals surface area contributed by atoms with Gasteiger partial charge >= 0.3 is 0 Å². The molecule has 2 aromatic heterocycles. The first-order valence-corrected chi connectivity index (χ1v) is 12.0. The van der Waals surface area contributed by atoms with E-state index in [-0.39, 0.29) is 35.4 Å². The SMILES string of the molecule is Cc1nn([C@H]2CCS(=O)(=O)C2)c(C)c1C(=O)N[C@@H](c1nc2ccccc2[nH]1)C(C)C. The molecule has 4 rings (SSSR count). The Morgan fingerprint density at radius 2 is 2.00 bits per heavy atom. The summed E-state index contributed by atoms with van der Waals surface area (Å²) in [6, 6.07) is 7.25. The van der Waals surface area contributed by atoms with Crippen molar-refractivity contribution < 1.29 is 13.2 Å². The molecule has 0 saturated carbocycles. The molecule has 1 amide bonds. The van der Waals surface area contributed by atoms with Crippen LogP contribution in [0.2, 0.25) is 0 Å². The Bertz CT molecular complexity index is 1180. The number of nitrogens with zero attached hydrogens (tertiary/aromatic N) is 3. The standard InChI is InChI=1S/C21H27N5O3S/c1-12(2)19(20-22-16-7-5-6-8-17(16)23-20)24-21(27)18-13(3)25-26(14(18)4)15-9-10-30(28,29)11-15/h5-8,12,15,19H,9-11H2,1-4H3,(H,22,23)(H,24,27)/t15-,19+/m0/s1. The molecule has 0 bridgehead atoms. The molecular weight excluding hydrogens is 402 g/mol. The molecule has 2 N–H and O–H groups in total. The summed E-state index contributed by atoms with van der Waals surface area (Å²) in [5, 5.41) is 7.61. The molecule has 3 heterocycles. The number of nitrogens with one attached hydrogen (secondary N) is 2. The van der Waals surface area contributed by atoms with Crippen molar-refractivity contribution in [1.82, 2.24) is 25.1 Å². The summed E-state index contributed by atoms with van der Waals surface area (Å²) >= 11 is 0. The number of carbonyl (C=O) groups excluding carboxylic acids is 1. The molecule has 1 aliphatic heterocycles. The Hall–Kier alpha value is -2.68. The van der Waals surface area contributed by atoms with Crippen LogP contribution in [0.3, 0.4) is 0 Å². The molecule has 0 aliphatic carbocycles. The fraction of sp³-hybridized carbons (Fsp3) is 0.476. The van der Waals surface area contributed by atoms with Gasteiger partial charge in [-0.25, -0.2) is 13.4 Å². The number of aryl methyl sites for hydroxylation is 1. The molecule has 1 fully saturated rings. The largest absolute Gasteiger partial charge is 0.342 e. The monoisotopic (exact) mass is 429 g/mol. The number of carbonyl (C=O) groups is 1. The average molecular weight is 430 g/mol. The third-order valence-electron chi connectivity index (χ3n) is 5.76. The van der Waals surface area contributed by atoms with E-state index in [1.807, 2.05) is 45.0 Å². The van der Waals surface area contributed by atoms with Crippen molar-refractivity contribution in [3.63, 3.8) is 0 Å². The number of rotatable bonds is 5. The van der Waals surface area contributed by atoms with Gasteiger partial charge in [-0.15, -0.1) is 0 Å². The lowest BCUT2D eigenvalue weighted by molar-refractivity contribution is 0.0922. The second kappa shape index (κ2) is 7.54. The van der Waals surface area contributed by atoms with Crippen LogP contribution in [0.4, 0.5) is 0 Å². The highest BCUT2D eigenvalue weighted by Gasteiger charge is 2.33. The van der Waals surface area contributed by atoms with Crippen LogP contribution < -0.4 is 5.32 Å². The first-order chi connectivity index (χ1) is 14.2. The summed E-state index contributed by atoms with van der Waals surface area (Å²) in [6.45, 7) is 7.67. The molecule has 3 aromatic rings. The topological polar surface area (TPSA) is 110 Å². The molecule has 30 heavy (non-hydrogen) atoms. The summed E-state index contributed by atoms with van der Waals surface area (Å²) in [4.78, 5) is 21.2. The molecule has 1 saturated heterocycles. The zero-order valence-corrected chi connectivity index (χ0v) is 18.5. The van der Waals surface area contributed by atoms with Gasteiger partial charge in [-0.2, -0.15) is 5.10 Å². The van der Waals surface area contributed by atoms with Crippen LogP contribution >= 0.6 is 0 Å². The quantitative estimate of drug-likeness (QED) is 0.648. The van der Waals surface area contributed by atoms with Crippen LogP contribution in [0.25, 0.3) is 11.0 Å². The van der Waals surface area contributed by atoms with Crippen LogP contribution in [0.5, 0.6) is 0 Å². The highest BCUT2D eigenvalue weighted by molar-refractivity contribution is 7.91. The maximum Gasteiger partial charge on any atom is 0.255 e. The number of imidazole rings is 1. The van der Waals surface area contributed by atoms with Gasteiger partial charge in [-0.3, -0.25) is 9.48 Å². The number of H-pyrrole nitrogens is 1. The third-order valence-corrected chi connectivity index (χ3v) is 7.51. The second-order valence-corrected chi connectivity index (χ2v) is 10.6. The van der Waals surface area contributed by atoms with Gasteiger partial charge < -0.3 is 10.3 Å². The van der Waals surface area contributed by atoms with Crippen molar-refractivity contribution in [2.75, 3.05) is 11.5 Å². The molecule has 8 nitrogen and oxygen atoms in total. The van der Waals surface area contributed by atoms with E-state index in [1.54, 1.807) is 11.6 Å². The number of amides is 1. The lowest BCUT2D eigenvalue weighted by atomic mass is 10.0. The van der Waals surface area contributed by atoms with E-state index in [2.05, 4.69) is 20.4 Å². The molecule has 0 spiro atoms. The Kier molecular flexibility index (Phi) is 5.17. The number of benzene rings is 1. The highest BCUT2D eigenvalue weighted by atomic mass is 32.2. The van der Waals surface area contributed by atoms with Crippen molar-refractivity contribution in [2.24, 2.45) is 5.92 Å². The summed E-state index contributed by atoms with van der Waals surface area (Å²) < 4.78 is 25.5. The van der Waals surface area contributed by atoms with E-state index in [0.717, 1.165) is 11.0 Å². The summed E-state index contributed by atoms with van der Waals surface area (Å²) in [5.41, 5.74) is 3.58. The van der Waals surface area contributed by atoms with Gasteiger partial charge in [0, 0.05) is 5.69 Å². The van der Waals surface area contributed by atoms with Crippen LogP contribution in [-0.2, 0) is 9.84 Å². The van der Waals surface area contributed by atoms with Crippen molar-refractivity contribution >= 4 is 26.8 Å². The van der Waals surface area contributed by atoms with Gasteiger partial charge in [-0.1, -0.05) is 26.0 Å². The van der Waals surface area contributed by atoms with Crippen LogP contribution in [-0.4, -0.2) is 45.6 Å². The Morgan fingerprint density at radius 3 is 2.63 bits per heavy atom. The third kappa shape index (κ3) is 3.74. The average Bonchev–Trinajstić information content (AvgIpc) is 3.34. The van der Waals surface area contributed by atoms with Gasteiger partial charge in [0.25, 0.3) is 5.91 Å². The number of hydrogen-bond donors (Lipinski definition) is 2. The van der Waals surface area contributed by atoms with Gasteiger partial charge in [0.05, 0.1) is 45.9 Å². The van der Waals surface area contributed by atoms with E-state index in [1.165, 1.54) is 0 Å². The molecule has 0 unspecified atom stereocenters. The fourth-order valence-corrected chi connectivity index (χ4v) is 5.89. The normalized spacial score (nSPS) is 19.4. The van der Waals surface area contributed by atoms with Gasteiger partial charge in [0.2, 0.25) is 0 Å². The smallest absolute Gasteiger partial charge is 0.255 e. The minimum Gasteiger partial charge on any atom is -0.342 e. The lowest BCUT2D eigenvalue weighted by Gasteiger charge is -2.20. The van der Waals surface area contributed by atoms with Crippen LogP contribution in [0.15, 0.2) is 24.3 Å². The van der Waals surface area contributed by atoms with E-state index >= 15 is 0 Å². The summed E-state index contributed by atoms with van der Waals surface area (Å²) in [5.74, 6) is 0.841. The number of hydrogen-bond acceptors (Lipinski definition) is 5. The minimum atomic E-state index is -3.04. The minimum absolute atomic E-state index is 0.0730. The van der Waals surface area contributed by atoms with Crippen LogP contribution in [0, 0.1) is 19.8 Å². The number of aromatic nitrogens is 4. The maximum atomic E-state index is 13.2. The zero-order valence-electron chi connectivity index (χ0n) is 17.6. The first kappa shape index (κ1) is 20.6. The van der Waals surface area contributed by atoms with Crippen LogP contribution in [0.1, 0.15) is 59.9 Å². The molecular formula is C21H27N5O3S. The summed E-state index contributed by atoms with van der Waals surface area (Å²) in [6.07, 6.45) is 0.527. The van der Waals surface area contributed by atoms with E-state index in [0.29, 0.717) is 29.2 Å². The van der Waals surface area contributed by atoms with Crippen molar-refractivity contribution in [1.29, 1.82) is 0 Å². The predicted molar refractivity (Wildman–Crippen MR) is 115 cm³/mol. The van der Waals surface area contributed by atoms with Crippen molar-refractivity contribution in [2.45, 2.75) is 46.2 Å². The van der Waals surface area contributed by atoms with Crippen molar-refractivity contribution in [3.05, 3.63) is 47.0 Å². The molecule has 0 radical (unpaired) electrons. The van der Waals surface area contributed by atoms with Gasteiger partial charge in [0.1, 0.15) is 5.82 Å². The molecule has 2 atom stereocenters. The number of aromatic amines is 1. The van der Waals surface area contributed by atoms with E-state index < -0.39 is 9.84 Å². The fourth-order valence-electron chi connectivity index (χ4n) is 4.20. The first-order valence-electron chi connectivity index (χ1n) is 10.2. The van der Waals surface area contributed by atoms with E-state index in [9.17, 15) is 13.2 Å². The Balaban J connectivity index is 1.62. The predicted octanol–water partition coefficient (Wildman–Crippen LogP) is 2.86. The van der Waals surface area contributed by atoms with Crippen molar-refractivity contribution in [3.8, 4) is 0 Å². The molecule has 1 aromatic carbocycles. The molecule has 9 heteroatoms. The van der Waals surface area contributed by atoms with Gasteiger partial charge in [-0.05, 0) is 38.3 Å². The number of para-hydroxylation sites is 2. The second-order valence-electron chi connectivity index (χ2n) is 8.38. The lowest BCUT2D eigenvalue weighted by Crippen LogP contribution is -2.33. The summed E-state index contributed by atoms with van der Waals surface area (Å²) in [7, 11) is -3.04. The highest BCUT2D eigenvalue weighted by Crippen LogP contribution is 2.28. The zero-order chi connectivity index (χ0) is 21.6. The Labute approximate surface area is 176 Å². The number of sulfone groups is 1. The maximum absolute atomic E-state index is 13.2. The number of fused-ring (bicyclic) bond motifs is 1. The van der Waals surface area contributed by atoms with Gasteiger partial charge in [0.15, 0.2) is 9.84 Å². The molecule has 1 aliphatic rings. The molecule has 160 valence electrons.